The van der Waals surface area contributed by atoms with Gasteiger partial charge in [0.15, 0.2) is 5.78 Å². The highest BCUT2D eigenvalue weighted by molar-refractivity contribution is 6.01. The SMILES string of the molecule is C=CCC1=C(C(=O)CN2CCCN(Cc3ccccc3)CC2)C=CC(=C)C1O. The Kier molecular flexibility index (Phi) is 7.15. The van der Waals surface area contributed by atoms with Gasteiger partial charge in [-0.05, 0) is 42.6 Å². The van der Waals surface area contributed by atoms with E-state index in [0.717, 1.165) is 39.1 Å². The largest absolute Gasteiger partial charge is 0.384 e. The molecule has 1 unspecified atom stereocenters. The lowest BCUT2D eigenvalue weighted by molar-refractivity contribution is -0.116. The quantitative estimate of drug-likeness (QED) is 0.741. The van der Waals surface area contributed by atoms with Gasteiger partial charge in [-0.3, -0.25) is 14.6 Å². The van der Waals surface area contributed by atoms with Crippen molar-refractivity contribution in [1.29, 1.82) is 0 Å². The number of benzene rings is 1. The van der Waals surface area contributed by atoms with Gasteiger partial charge in [-0.15, -0.1) is 6.58 Å². The van der Waals surface area contributed by atoms with Gasteiger partial charge >= 0.3 is 0 Å². The highest BCUT2D eigenvalue weighted by Gasteiger charge is 2.25. The van der Waals surface area contributed by atoms with Crippen molar-refractivity contribution in [3.8, 4) is 0 Å². The maximum absolute atomic E-state index is 12.9. The fourth-order valence-corrected chi connectivity index (χ4v) is 3.88. The summed E-state index contributed by atoms with van der Waals surface area (Å²) < 4.78 is 0. The molecular formula is C24H30N2O2. The smallest absolute Gasteiger partial charge is 0.176 e. The van der Waals surface area contributed by atoms with Crippen LogP contribution < -0.4 is 0 Å². The summed E-state index contributed by atoms with van der Waals surface area (Å²) in [6, 6.07) is 10.5. The van der Waals surface area contributed by atoms with E-state index in [9.17, 15) is 9.90 Å². The van der Waals surface area contributed by atoms with Crippen molar-refractivity contribution in [1.82, 2.24) is 9.80 Å². The first-order valence-corrected chi connectivity index (χ1v) is 9.99. The molecule has 4 nitrogen and oxygen atoms in total. The van der Waals surface area contributed by atoms with Crippen LogP contribution in [0.4, 0.5) is 0 Å². The highest BCUT2D eigenvalue weighted by atomic mass is 16.3. The van der Waals surface area contributed by atoms with E-state index in [-0.39, 0.29) is 5.78 Å². The number of allylic oxidation sites excluding steroid dienone is 2. The first-order chi connectivity index (χ1) is 13.6. The second-order valence-corrected chi connectivity index (χ2v) is 7.56. The summed E-state index contributed by atoms with van der Waals surface area (Å²) in [7, 11) is 0. The third-order valence-corrected chi connectivity index (χ3v) is 5.45. The summed E-state index contributed by atoms with van der Waals surface area (Å²) in [4.78, 5) is 17.6. The number of aliphatic hydroxyl groups is 1. The normalized spacial score (nSPS) is 21.6. The maximum Gasteiger partial charge on any atom is 0.176 e. The average molecular weight is 379 g/mol. The maximum atomic E-state index is 12.9. The number of Topliss-reactive ketones (excluding diaryl/α,β-unsaturated/α-hetero) is 1. The molecule has 3 rings (SSSR count). The minimum Gasteiger partial charge on any atom is -0.384 e. The fraction of sp³-hybridized carbons (Fsp3) is 0.375. The molecule has 1 aromatic carbocycles. The van der Waals surface area contributed by atoms with Gasteiger partial charge in [0.05, 0.1) is 6.54 Å². The number of carbonyl (C=O) groups excluding carboxylic acids is 1. The number of hydrogen-bond donors (Lipinski definition) is 1. The third kappa shape index (κ3) is 5.16. The van der Waals surface area contributed by atoms with E-state index in [2.05, 4.69) is 47.2 Å². The highest BCUT2D eigenvalue weighted by Crippen LogP contribution is 2.26. The average Bonchev–Trinajstić information content (AvgIpc) is 2.91. The molecule has 1 heterocycles. The molecule has 1 aliphatic carbocycles. The fourth-order valence-electron chi connectivity index (χ4n) is 3.88. The second kappa shape index (κ2) is 9.78. The summed E-state index contributed by atoms with van der Waals surface area (Å²) in [5.74, 6) is 0.0659. The molecule has 28 heavy (non-hydrogen) atoms. The Hall–Kier alpha value is -2.27. The Morgan fingerprint density at radius 2 is 1.82 bits per heavy atom. The second-order valence-electron chi connectivity index (χ2n) is 7.56. The van der Waals surface area contributed by atoms with Crippen LogP contribution in [0.1, 0.15) is 18.4 Å². The predicted molar refractivity (Wildman–Crippen MR) is 114 cm³/mol. The predicted octanol–water partition coefficient (Wildman–Crippen LogP) is 3.12. The monoisotopic (exact) mass is 378 g/mol. The van der Waals surface area contributed by atoms with Gasteiger partial charge in [0.2, 0.25) is 0 Å². The zero-order chi connectivity index (χ0) is 19.9. The third-order valence-electron chi connectivity index (χ3n) is 5.45. The molecule has 0 spiro atoms. The van der Waals surface area contributed by atoms with E-state index >= 15 is 0 Å². The van der Waals surface area contributed by atoms with Crippen molar-refractivity contribution in [3.63, 3.8) is 0 Å². The van der Waals surface area contributed by atoms with Crippen molar-refractivity contribution in [2.45, 2.75) is 25.5 Å². The number of nitrogens with zero attached hydrogens (tertiary/aromatic N) is 2. The van der Waals surface area contributed by atoms with Crippen molar-refractivity contribution >= 4 is 5.78 Å². The molecule has 0 saturated carbocycles. The van der Waals surface area contributed by atoms with E-state index in [1.807, 2.05) is 6.07 Å². The van der Waals surface area contributed by atoms with Gasteiger partial charge in [-0.2, -0.15) is 0 Å². The van der Waals surface area contributed by atoms with Crippen LogP contribution in [0.25, 0.3) is 0 Å². The summed E-state index contributed by atoms with van der Waals surface area (Å²) in [5.41, 5.74) is 3.28. The number of rotatable bonds is 7. The molecule has 1 aliphatic heterocycles. The lowest BCUT2D eigenvalue weighted by Crippen LogP contribution is -2.35. The van der Waals surface area contributed by atoms with Gasteiger partial charge in [-0.1, -0.05) is 55.1 Å². The van der Waals surface area contributed by atoms with Crippen LogP contribution in [0.5, 0.6) is 0 Å². The summed E-state index contributed by atoms with van der Waals surface area (Å²) in [6.45, 7) is 12.7. The van der Waals surface area contributed by atoms with E-state index < -0.39 is 6.10 Å². The van der Waals surface area contributed by atoms with Crippen molar-refractivity contribution in [3.05, 3.63) is 84.0 Å². The summed E-state index contributed by atoms with van der Waals surface area (Å²) >= 11 is 0. The van der Waals surface area contributed by atoms with Gasteiger partial charge in [0, 0.05) is 25.2 Å². The van der Waals surface area contributed by atoms with Crippen LogP contribution in [-0.4, -0.2) is 59.5 Å². The molecule has 1 N–H and O–H groups in total. The molecule has 1 saturated heterocycles. The van der Waals surface area contributed by atoms with Gasteiger partial charge in [0.1, 0.15) is 6.10 Å². The Bertz CT molecular complexity index is 779. The number of hydrogen-bond acceptors (Lipinski definition) is 4. The first-order valence-electron chi connectivity index (χ1n) is 9.99. The van der Waals surface area contributed by atoms with Crippen LogP contribution in [0.15, 0.2) is 78.4 Å². The van der Waals surface area contributed by atoms with Crippen LogP contribution in [-0.2, 0) is 11.3 Å². The number of ketones is 1. The molecule has 0 radical (unpaired) electrons. The lowest BCUT2D eigenvalue weighted by Gasteiger charge is -2.24. The Balaban J connectivity index is 1.60. The van der Waals surface area contributed by atoms with E-state index in [4.69, 9.17) is 0 Å². The van der Waals surface area contributed by atoms with E-state index in [1.165, 1.54) is 5.56 Å². The van der Waals surface area contributed by atoms with Crippen molar-refractivity contribution < 1.29 is 9.90 Å². The van der Waals surface area contributed by atoms with Crippen LogP contribution in [0, 0.1) is 0 Å². The molecule has 4 heteroatoms. The molecular weight excluding hydrogens is 348 g/mol. The van der Waals surface area contributed by atoms with Gasteiger partial charge in [-0.25, -0.2) is 0 Å². The summed E-state index contributed by atoms with van der Waals surface area (Å²) in [5, 5.41) is 10.4. The first kappa shape index (κ1) is 20.5. The van der Waals surface area contributed by atoms with Crippen LogP contribution in [0.3, 0.4) is 0 Å². The zero-order valence-electron chi connectivity index (χ0n) is 16.5. The molecule has 1 fully saturated rings. The minimum atomic E-state index is -0.785. The van der Waals surface area contributed by atoms with Crippen molar-refractivity contribution in [2.24, 2.45) is 0 Å². The topological polar surface area (TPSA) is 43.8 Å². The van der Waals surface area contributed by atoms with Gasteiger partial charge in [0.25, 0.3) is 0 Å². The molecule has 1 atom stereocenters. The summed E-state index contributed by atoms with van der Waals surface area (Å²) in [6.07, 6.45) is 6.03. The lowest BCUT2D eigenvalue weighted by atomic mass is 9.87. The Morgan fingerprint density at radius 1 is 1.11 bits per heavy atom. The van der Waals surface area contributed by atoms with E-state index in [1.54, 1.807) is 18.2 Å². The molecule has 0 aromatic heterocycles. The van der Waals surface area contributed by atoms with E-state index in [0.29, 0.717) is 29.7 Å². The molecule has 1 aromatic rings. The van der Waals surface area contributed by atoms with Crippen molar-refractivity contribution in [2.75, 3.05) is 32.7 Å². The molecule has 2 aliphatic rings. The number of carbonyl (C=O) groups is 1. The minimum absolute atomic E-state index is 0.0659. The Morgan fingerprint density at radius 3 is 2.57 bits per heavy atom. The standard InChI is InChI=1S/C24H30N2O2/c1-3-8-22-21(12-11-19(2)24(22)28)23(27)18-26-14-7-13-25(15-16-26)17-20-9-5-4-6-10-20/h3-6,9-12,24,28H,1-2,7-8,13-18H2. The molecule has 0 amide bonds. The molecule has 148 valence electrons. The molecule has 0 bridgehead atoms. The zero-order valence-corrected chi connectivity index (χ0v) is 16.5. The van der Waals surface area contributed by atoms with Crippen LogP contribution >= 0.6 is 0 Å². The van der Waals surface area contributed by atoms with Crippen LogP contribution in [0.2, 0.25) is 0 Å². The van der Waals surface area contributed by atoms with Gasteiger partial charge < -0.3 is 5.11 Å². The Labute approximate surface area is 168 Å². The number of aliphatic hydroxyl groups excluding tert-OH is 1.